The smallest absolute Gasteiger partial charge is 0.307 e. The van der Waals surface area contributed by atoms with E-state index in [9.17, 15) is 4.79 Å². The van der Waals surface area contributed by atoms with E-state index in [0.717, 1.165) is 54.9 Å². The van der Waals surface area contributed by atoms with Gasteiger partial charge in [-0.3, -0.25) is 4.79 Å². The van der Waals surface area contributed by atoms with E-state index < -0.39 is 0 Å². The second-order valence-electron chi connectivity index (χ2n) is 9.52. The molecule has 0 spiro atoms. The molecule has 0 heterocycles. The van der Waals surface area contributed by atoms with Gasteiger partial charge in [-0.1, -0.05) is 61.2 Å². The number of methoxy groups -OCH3 is 1. The van der Waals surface area contributed by atoms with Gasteiger partial charge in [0.2, 0.25) is 0 Å². The fraction of sp³-hybridized carbons (Fsp3) is 0.364. The third-order valence-corrected chi connectivity index (χ3v) is 6.87. The second-order valence-corrected chi connectivity index (χ2v) is 9.52. The quantitative estimate of drug-likeness (QED) is 0.165. The lowest BCUT2D eigenvalue weighted by molar-refractivity contribution is -0.140. The second kappa shape index (κ2) is 12.5. The van der Waals surface area contributed by atoms with Gasteiger partial charge in [-0.15, -0.1) is 5.92 Å². The van der Waals surface area contributed by atoms with Crippen LogP contribution in [0.4, 0.5) is 0 Å². The number of ether oxygens (including phenoxy) is 3. The molecule has 37 heavy (non-hydrogen) atoms. The number of rotatable bonds is 10. The summed E-state index contributed by atoms with van der Waals surface area (Å²) in [6, 6.07) is 20.9. The summed E-state index contributed by atoms with van der Waals surface area (Å²) in [5.74, 6) is 7.34. The molecule has 0 radical (unpaired) electrons. The summed E-state index contributed by atoms with van der Waals surface area (Å²) in [6.45, 7) is 6.81. The summed E-state index contributed by atoms with van der Waals surface area (Å²) >= 11 is 0. The maximum atomic E-state index is 11.8. The normalized spacial score (nSPS) is 14.8. The van der Waals surface area contributed by atoms with Crippen LogP contribution in [0.15, 0.2) is 60.7 Å². The largest absolute Gasteiger partial charge is 0.493 e. The molecule has 4 nitrogen and oxygen atoms in total. The molecule has 2 atom stereocenters. The Balaban J connectivity index is 1.55. The number of aryl methyl sites for hydroxylation is 1. The fourth-order valence-electron chi connectivity index (χ4n) is 4.92. The number of unbranched alkanes of at least 4 members (excludes halogenated alkanes) is 1. The maximum absolute atomic E-state index is 11.8. The third-order valence-electron chi connectivity index (χ3n) is 6.87. The van der Waals surface area contributed by atoms with E-state index in [2.05, 4.69) is 62.1 Å². The highest BCUT2D eigenvalue weighted by Crippen LogP contribution is 2.42. The van der Waals surface area contributed by atoms with Crippen molar-refractivity contribution in [1.29, 1.82) is 0 Å². The molecule has 0 N–H and O–H groups in total. The Morgan fingerprint density at radius 3 is 2.62 bits per heavy atom. The van der Waals surface area contributed by atoms with Crippen molar-refractivity contribution in [2.24, 2.45) is 0 Å². The van der Waals surface area contributed by atoms with E-state index in [1.54, 1.807) is 6.92 Å². The van der Waals surface area contributed by atoms with Crippen LogP contribution < -0.4 is 9.47 Å². The summed E-state index contributed by atoms with van der Waals surface area (Å²) in [4.78, 5) is 11.8. The van der Waals surface area contributed by atoms with E-state index in [4.69, 9.17) is 14.2 Å². The van der Waals surface area contributed by atoms with Crippen molar-refractivity contribution in [2.75, 3.05) is 13.7 Å². The van der Waals surface area contributed by atoms with Crippen molar-refractivity contribution in [2.45, 2.75) is 64.9 Å². The van der Waals surface area contributed by atoms with E-state index >= 15 is 0 Å². The highest BCUT2D eigenvalue weighted by molar-refractivity contribution is 5.76. The van der Waals surface area contributed by atoms with Crippen molar-refractivity contribution in [3.05, 3.63) is 82.9 Å². The first-order valence-electron chi connectivity index (χ1n) is 13.1. The summed E-state index contributed by atoms with van der Waals surface area (Å²) in [7, 11) is 1.40. The van der Waals surface area contributed by atoms with Crippen LogP contribution in [-0.2, 0) is 16.0 Å². The zero-order valence-corrected chi connectivity index (χ0v) is 22.3. The summed E-state index contributed by atoms with van der Waals surface area (Å²) in [5.41, 5.74) is 7.18. The standard InChI is InChI=1S/C33H36O4/c1-5-7-20-36-31-18-12-23(3)21-30(31)27-10-8-11-29-28(27)17-19-32(29)37-26-15-13-24(14-16-26)25(9-6-2)22-33(34)35-4/h8,10-16,18,21,25,32H,5,7,17,19-20,22H2,1-4H3/t25-,32?/m0/s1. The SMILES string of the molecule is CC#C[C@@H](CC(=O)OC)c1ccc(OC2CCc3c(-c4cc(C)ccc4OCCCC)cccc32)cc1. The molecule has 0 aliphatic heterocycles. The van der Waals surface area contributed by atoms with Crippen LogP contribution in [0.2, 0.25) is 0 Å². The van der Waals surface area contributed by atoms with Gasteiger partial charge in [0, 0.05) is 5.56 Å². The molecule has 0 bridgehead atoms. The van der Waals surface area contributed by atoms with Gasteiger partial charge in [-0.25, -0.2) is 0 Å². The number of fused-ring (bicyclic) bond motifs is 1. The van der Waals surface area contributed by atoms with Crippen molar-refractivity contribution < 1.29 is 19.0 Å². The lowest BCUT2D eigenvalue weighted by Gasteiger charge is -2.18. The first-order chi connectivity index (χ1) is 18.0. The number of benzene rings is 3. The van der Waals surface area contributed by atoms with Crippen molar-refractivity contribution >= 4 is 5.97 Å². The Labute approximate surface area is 221 Å². The number of hydrogen-bond acceptors (Lipinski definition) is 4. The van der Waals surface area contributed by atoms with Crippen LogP contribution in [-0.4, -0.2) is 19.7 Å². The Hall–Kier alpha value is -3.71. The van der Waals surface area contributed by atoms with Crippen molar-refractivity contribution in [1.82, 2.24) is 0 Å². The summed E-state index contributed by atoms with van der Waals surface area (Å²) in [5, 5.41) is 0. The predicted molar refractivity (Wildman–Crippen MR) is 148 cm³/mol. The average molecular weight is 497 g/mol. The monoisotopic (exact) mass is 496 g/mol. The predicted octanol–water partition coefficient (Wildman–Crippen LogP) is 7.58. The van der Waals surface area contributed by atoms with Crippen LogP contribution >= 0.6 is 0 Å². The average Bonchev–Trinajstić information content (AvgIpc) is 3.32. The first-order valence-corrected chi connectivity index (χ1v) is 13.1. The lowest BCUT2D eigenvalue weighted by Crippen LogP contribution is -2.08. The van der Waals surface area contributed by atoms with Crippen LogP contribution in [0.5, 0.6) is 11.5 Å². The minimum absolute atomic E-state index is 0.00336. The van der Waals surface area contributed by atoms with E-state index in [-0.39, 0.29) is 24.4 Å². The molecular weight excluding hydrogens is 460 g/mol. The minimum Gasteiger partial charge on any atom is -0.493 e. The Morgan fingerprint density at radius 1 is 1.08 bits per heavy atom. The highest BCUT2D eigenvalue weighted by atomic mass is 16.5. The first kappa shape index (κ1) is 26.4. The van der Waals surface area contributed by atoms with Crippen LogP contribution in [0.25, 0.3) is 11.1 Å². The Kier molecular flexibility index (Phi) is 8.90. The van der Waals surface area contributed by atoms with Crippen LogP contribution in [0.1, 0.15) is 73.8 Å². The molecule has 1 aliphatic carbocycles. The molecule has 192 valence electrons. The minimum atomic E-state index is -0.265. The molecule has 4 heteroatoms. The molecule has 3 aromatic carbocycles. The molecular formula is C33H36O4. The molecule has 0 aromatic heterocycles. The molecule has 0 saturated carbocycles. The van der Waals surface area contributed by atoms with Gasteiger partial charge in [0.15, 0.2) is 0 Å². The van der Waals surface area contributed by atoms with Gasteiger partial charge < -0.3 is 14.2 Å². The zero-order chi connectivity index (χ0) is 26.2. The number of carbonyl (C=O) groups excluding carboxylic acids is 1. The van der Waals surface area contributed by atoms with E-state index in [1.165, 1.54) is 29.4 Å². The lowest BCUT2D eigenvalue weighted by atomic mass is 9.95. The van der Waals surface area contributed by atoms with Gasteiger partial charge in [-0.2, -0.15) is 0 Å². The molecule has 0 saturated heterocycles. The topological polar surface area (TPSA) is 44.8 Å². The highest BCUT2D eigenvalue weighted by Gasteiger charge is 2.27. The van der Waals surface area contributed by atoms with Gasteiger partial charge in [0.25, 0.3) is 0 Å². The van der Waals surface area contributed by atoms with Gasteiger partial charge in [0.05, 0.1) is 26.1 Å². The van der Waals surface area contributed by atoms with Gasteiger partial charge >= 0.3 is 5.97 Å². The van der Waals surface area contributed by atoms with Gasteiger partial charge in [-0.05, 0) is 79.6 Å². The summed E-state index contributed by atoms with van der Waals surface area (Å²) < 4.78 is 17.5. The Morgan fingerprint density at radius 2 is 1.89 bits per heavy atom. The van der Waals surface area contributed by atoms with Crippen LogP contribution in [0.3, 0.4) is 0 Å². The van der Waals surface area contributed by atoms with Crippen LogP contribution in [0, 0.1) is 18.8 Å². The van der Waals surface area contributed by atoms with Gasteiger partial charge in [0.1, 0.15) is 17.6 Å². The van der Waals surface area contributed by atoms with E-state index in [1.807, 2.05) is 24.3 Å². The third kappa shape index (κ3) is 6.35. The zero-order valence-electron chi connectivity index (χ0n) is 22.3. The fourth-order valence-corrected chi connectivity index (χ4v) is 4.92. The molecule has 1 unspecified atom stereocenters. The number of hydrogen-bond donors (Lipinski definition) is 0. The Bertz CT molecular complexity index is 1280. The maximum Gasteiger partial charge on any atom is 0.307 e. The summed E-state index contributed by atoms with van der Waals surface area (Å²) in [6.07, 6.45) is 4.28. The molecule has 0 fully saturated rings. The number of carbonyl (C=O) groups is 1. The number of esters is 1. The molecule has 1 aliphatic rings. The molecule has 3 aromatic rings. The van der Waals surface area contributed by atoms with E-state index in [0.29, 0.717) is 0 Å². The van der Waals surface area contributed by atoms with Crippen molar-refractivity contribution in [3.8, 4) is 34.5 Å². The molecule has 4 rings (SSSR count). The van der Waals surface area contributed by atoms with Crippen molar-refractivity contribution in [3.63, 3.8) is 0 Å². The molecule has 0 amide bonds.